The predicted molar refractivity (Wildman–Crippen MR) is 124 cm³/mol. The second kappa shape index (κ2) is 17.1. The number of aliphatic imine (C=N–C) groups is 1. The Balaban J connectivity index is 5.23. The van der Waals surface area contributed by atoms with Crippen LogP contribution in [0, 0.1) is 0 Å². The molecule has 0 spiro atoms. The van der Waals surface area contributed by atoms with Crippen LogP contribution in [0.15, 0.2) is 4.99 Å². The van der Waals surface area contributed by atoms with Gasteiger partial charge in [0, 0.05) is 13.0 Å². The van der Waals surface area contributed by atoms with E-state index >= 15 is 0 Å². The first kappa shape index (κ1) is 30.5. The van der Waals surface area contributed by atoms with Gasteiger partial charge in [0.15, 0.2) is 5.96 Å². The molecule has 0 saturated heterocycles. The van der Waals surface area contributed by atoms with Gasteiger partial charge in [0.05, 0.1) is 6.04 Å². The number of hydrogen-bond acceptors (Lipinski definition) is 8. The van der Waals surface area contributed by atoms with Crippen LogP contribution in [-0.4, -0.2) is 78.4 Å². The Morgan fingerprint density at radius 2 is 1.44 bits per heavy atom. The van der Waals surface area contributed by atoms with Crippen LogP contribution in [0.4, 0.5) is 0 Å². The van der Waals surface area contributed by atoms with Gasteiger partial charge < -0.3 is 49.7 Å². The van der Waals surface area contributed by atoms with Gasteiger partial charge in [-0.15, -0.1) is 0 Å². The molecule has 0 radical (unpaired) electrons. The maximum absolute atomic E-state index is 12.8. The molecule has 194 valence electrons. The fourth-order valence-electron chi connectivity index (χ4n) is 2.80. The molecule has 0 aliphatic carbocycles. The molecule has 0 rings (SSSR count). The molecule has 0 aliphatic rings. The first-order valence-electron chi connectivity index (χ1n) is 10.9. The first-order valence-corrected chi connectivity index (χ1v) is 10.9. The number of guanidine groups is 1. The van der Waals surface area contributed by atoms with Crippen LogP contribution in [-0.2, 0) is 24.0 Å². The molecule has 3 atom stereocenters. The summed E-state index contributed by atoms with van der Waals surface area (Å²) in [6, 6.07) is -3.25. The van der Waals surface area contributed by atoms with Gasteiger partial charge in [0.1, 0.15) is 18.6 Å². The molecule has 0 saturated carbocycles. The summed E-state index contributed by atoms with van der Waals surface area (Å²) < 4.78 is 0. The minimum Gasteiger partial charge on any atom is -0.480 e. The molecule has 0 aromatic rings. The molecular weight excluding hydrogens is 450 g/mol. The van der Waals surface area contributed by atoms with E-state index < -0.39 is 54.3 Å². The zero-order chi connectivity index (χ0) is 26.1. The molecule has 15 heteroatoms. The van der Waals surface area contributed by atoms with Gasteiger partial charge in [-0.2, -0.15) is 0 Å². The number of carboxylic acids is 1. The molecule has 0 aromatic heterocycles. The van der Waals surface area contributed by atoms with Gasteiger partial charge in [-0.05, 0) is 45.1 Å². The number of hydrogen-bond donors (Lipinski definition) is 9. The number of rotatable bonds is 18. The molecule has 0 bridgehead atoms. The predicted octanol–water partition coefficient (Wildman–Crippen LogP) is -4.07. The van der Waals surface area contributed by atoms with Crippen LogP contribution in [0.25, 0.3) is 0 Å². The smallest absolute Gasteiger partial charge is 0.322 e. The normalized spacial score (nSPS) is 13.1. The first-order chi connectivity index (χ1) is 16.0. The van der Waals surface area contributed by atoms with Crippen molar-refractivity contribution in [3.63, 3.8) is 0 Å². The number of amides is 4. The lowest BCUT2D eigenvalue weighted by atomic mass is 10.1. The summed E-state index contributed by atoms with van der Waals surface area (Å²) in [5.41, 5.74) is 26.9. The largest absolute Gasteiger partial charge is 0.480 e. The summed E-state index contributed by atoms with van der Waals surface area (Å²) in [6.07, 6.45) is 1.57. The number of unbranched alkanes of at least 4 members (excludes halogenated alkanes) is 1. The van der Waals surface area contributed by atoms with Gasteiger partial charge in [-0.25, -0.2) is 0 Å². The van der Waals surface area contributed by atoms with Crippen molar-refractivity contribution in [3.8, 4) is 0 Å². The van der Waals surface area contributed by atoms with E-state index in [9.17, 15) is 24.0 Å². The third-order valence-electron chi connectivity index (χ3n) is 4.61. The second-order valence-corrected chi connectivity index (χ2v) is 7.58. The Morgan fingerprint density at radius 3 is 2.00 bits per heavy atom. The summed E-state index contributed by atoms with van der Waals surface area (Å²) >= 11 is 0. The van der Waals surface area contributed by atoms with Crippen molar-refractivity contribution in [2.24, 2.45) is 33.7 Å². The summed E-state index contributed by atoms with van der Waals surface area (Å²) in [5, 5.41) is 15.9. The lowest BCUT2D eigenvalue weighted by Crippen LogP contribution is -2.56. The highest BCUT2D eigenvalue weighted by Gasteiger charge is 2.28. The van der Waals surface area contributed by atoms with Crippen molar-refractivity contribution >= 4 is 35.6 Å². The maximum Gasteiger partial charge on any atom is 0.322 e. The van der Waals surface area contributed by atoms with E-state index in [1.165, 1.54) is 0 Å². The SMILES string of the molecule is NCCCCC(NC(=O)C(CCC(N)=O)NC(=O)C(N)CCCN=C(N)N)C(=O)NCC(=O)O. The summed E-state index contributed by atoms with van der Waals surface area (Å²) in [4.78, 5) is 63.4. The van der Waals surface area contributed by atoms with Gasteiger partial charge in [0.2, 0.25) is 23.6 Å². The van der Waals surface area contributed by atoms with Gasteiger partial charge in [-0.1, -0.05) is 0 Å². The molecule has 3 unspecified atom stereocenters. The van der Waals surface area contributed by atoms with Crippen molar-refractivity contribution in [2.45, 2.75) is 63.1 Å². The van der Waals surface area contributed by atoms with Crippen LogP contribution in [0.2, 0.25) is 0 Å². The quantitative estimate of drug-likeness (QED) is 0.0511. The van der Waals surface area contributed by atoms with Gasteiger partial charge in [-0.3, -0.25) is 29.0 Å². The zero-order valence-corrected chi connectivity index (χ0v) is 19.1. The lowest BCUT2D eigenvalue weighted by molar-refractivity contribution is -0.138. The highest BCUT2D eigenvalue weighted by Crippen LogP contribution is 2.05. The van der Waals surface area contributed by atoms with Crippen LogP contribution < -0.4 is 44.6 Å². The Kier molecular flexibility index (Phi) is 15.3. The summed E-state index contributed by atoms with van der Waals surface area (Å²) in [5.74, 6) is -4.12. The number of aliphatic carboxylic acids is 1. The fourth-order valence-corrected chi connectivity index (χ4v) is 2.80. The second-order valence-electron chi connectivity index (χ2n) is 7.58. The Hall–Kier alpha value is -3.46. The molecule has 34 heavy (non-hydrogen) atoms. The van der Waals surface area contributed by atoms with Gasteiger partial charge >= 0.3 is 5.97 Å². The van der Waals surface area contributed by atoms with E-state index in [0.29, 0.717) is 25.8 Å². The van der Waals surface area contributed by atoms with Crippen molar-refractivity contribution < 1.29 is 29.1 Å². The van der Waals surface area contributed by atoms with Crippen molar-refractivity contribution in [1.82, 2.24) is 16.0 Å². The van der Waals surface area contributed by atoms with Crippen molar-refractivity contribution in [1.29, 1.82) is 0 Å². The molecule has 15 nitrogen and oxygen atoms in total. The Bertz CT molecular complexity index is 727. The number of carbonyl (C=O) groups excluding carboxylic acids is 4. The van der Waals surface area contributed by atoms with E-state index in [2.05, 4.69) is 20.9 Å². The molecule has 0 aliphatic heterocycles. The number of nitrogens with one attached hydrogen (secondary N) is 3. The molecule has 14 N–H and O–H groups in total. The topological polar surface area (TPSA) is 284 Å². The number of primary amides is 1. The molecular formula is C19H37N9O6. The van der Waals surface area contributed by atoms with Crippen molar-refractivity contribution in [2.75, 3.05) is 19.6 Å². The minimum absolute atomic E-state index is 0.0883. The average Bonchev–Trinajstić information content (AvgIpc) is 2.76. The molecule has 0 fully saturated rings. The fraction of sp³-hybridized carbons (Fsp3) is 0.684. The van der Waals surface area contributed by atoms with Crippen LogP contribution in [0.5, 0.6) is 0 Å². The Morgan fingerprint density at radius 1 is 0.824 bits per heavy atom. The average molecular weight is 488 g/mol. The Labute approximate surface area is 197 Å². The van der Waals surface area contributed by atoms with Crippen LogP contribution in [0.1, 0.15) is 44.9 Å². The van der Waals surface area contributed by atoms with E-state index in [1.807, 2.05) is 0 Å². The lowest BCUT2D eigenvalue weighted by Gasteiger charge is -2.24. The minimum atomic E-state index is -1.25. The zero-order valence-electron chi connectivity index (χ0n) is 19.1. The molecule has 4 amide bonds. The number of nitrogens with two attached hydrogens (primary N) is 5. The highest BCUT2D eigenvalue weighted by atomic mass is 16.4. The number of carboxylic acid groups (broad SMARTS) is 1. The van der Waals surface area contributed by atoms with Crippen LogP contribution >= 0.6 is 0 Å². The van der Waals surface area contributed by atoms with E-state index in [1.54, 1.807) is 0 Å². The monoisotopic (exact) mass is 487 g/mol. The molecule has 0 aromatic carbocycles. The van der Waals surface area contributed by atoms with E-state index in [-0.39, 0.29) is 38.2 Å². The standard InChI is InChI=1S/C19H37N9O6/c20-8-2-1-5-12(17(33)26-10-15(30)31)28-18(34)13(6-7-14(22)29)27-16(32)11(21)4-3-9-25-19(23)24/h11-13H,1-10,20-21H2,(H2,22,29)(H,26,33)(H,27,32)(H,28,34)(H,30,31)(H4,23,24,25). The third-order valence-corrected chi connectivity index (χ3v) is 4.61. The van der Waals surface area contributed by atoms with E-state index in [0.717, 1.165) is 0 Å². The maximum atomic E-state index is 12.8. The highest BCUT2D eigenvalue weighted by molar-refractivity contribution is 5.94. The third kappa shape index (κ3) is 14.6. The number of carbonyl (C=O) groups is 5. The summed E-state index contributed by atoms with van der Waals surface area (Å²) in [6.45, 7) is 0.0131. The number of nitrogens with zero attached hydrogens (tertiary/aromatic N) is 1. The van der Waals surface area contributed by atoms with Crippen LogP contribution in [0.3, 0.4) is 0 Å². The molecule has 0 heterocycles. The van der Waals surface area contributed by atoms with E-state index in [4.69, 9.17) is 33.8 Å². The van der Waals surface area contributed by atoms with Crippen molar-refractivity contribution in [3.05, 3.63) is 0 Å². The summed E-state index contributed by atoms with van der Waals surface area (Å²) in [7, 11) is 0. The van der Waals surface area contributed by atoms with Gasteiger partial charge in [0.25, 0.3) is 0 Å².